The predicted octanol–water partition coefficient (Wildman–Crippen LogP) is 2.58. The van der Waals surface area contributed by atoms with Crippen LogP contribution in [0.5, 0.6) is 0 Å². The van der Waals surface area contributed by atoms with Crippen LogP contribution in [0.15, 0.2) is 39.6 Å². The summed E-state index contributed by atoms with van der Waals surface area (Å²) in [5.74, 6) is 0.175. The van der Waals surface area contributed by atoms with Gasteiger partial charge in [-0.3, -0.25) is 14.7 Å². The van der Waals surface area contributed by atoms with E-state index in [1.165, 1.54) is 0 Å². The Labute approximate surface area is 140 Å². The van der Waals surface area contributed by atoms with Crippen LogP contribution in [0.3, 0.4) is 0 Å². The molecule has 1 saturated heterocycles. The van der Waals surface area contributed by atoms with Crippen molar-refractivity contribution in [3.63, 3.8) is 0 Å². The second-order valence-electron chi connectivity index (χ2n) is 5.87. The van der Waals surface area contributed by atoms with Crippen molar-refractivity contribution in [1.82, 2.24) is 20.1 Å². The number of likely N-dealkylation sites (tertiary alicyclic amines) is 1. The number of amides is 1. The van der Waals surface area contributed by atoms with E-state index in [9.17, 15) is 9.59 Å². The molecule has 0 aliphatic carbocycles. The van der Waals surface area contributed by atoms with E-state index >= 15 is 0 Å². The van der Waals surface area contributed by atoms with E-state index < -0.39 is 0 Å². The first-order chi connectivity index (χ1) is 11.1. The maximum absolute atomic E-state index is 12.7. The van der Waals surface area contributed by atoms with Gasteiger partial charge in [0.05, 0.1) is 0 Å². The number of hydrogen-bond donors (Lipinski definition) is 3. The van der Waals surface area contributed by atoms with Crippen molar-refractivity contribution in [3.8, 4) is 0 Å². The molecule has 0 bridgehead atoms. The van der Waals surface area contributed by atoms with Gasteiger partial charge in [-0.05, 0) is 24.6 Å². The normalized spacial score (nSPS) is 18.0. The number of fused-ring (bicyclic) bond motifs is 1. The van der Waals surface area contributed by atoms with Crippen LogP contribution in [0.25, 0.3) is 10.9 Å². The minimum atomic E-state index is -0.133. The number of aromatic nitrogens is 3. The number of benzene rings is 1. The molecule has 3 aromatic rings. The van der Waals surface area contributed by atoms with Crippen LogP contribution in [-0.2, 0) is 0 Å². The third-order valence-electron chi connectivity index (χ3n) is 4.35. The lowest BCUT2D eigenvalue weighted by molar-refractivity contribution is 0.0786. The lowest BCUT2D eigenvalue weighted by Gasteiger charge is -2.15. The number of nitrogens with one attached hydrogen (secondary N) is 3. The molecule has 23 heavy (non-hydrogen) atoms. The van der Waals surface area contributed by atoms with Crippen molar-refractivity contribution >= 4 is 32.7 Å². The summed E-state index contributed by atoms with van der Waals surface area (Å²) in [7, 11) is 0. The van der Waals surface area contributed by atoms with Gasteiger partial charge in [0.1, 0.15) is 5.69 Å². The van der Waals surface area contributed by atoms with Gasteiger partial charge in [-0.15, -0.1) is 0 Å². The molecule has 1 aliphatic rings. The minimum absolute atomic E-state index is 0.00212. The molecule has 2 aromatic heterocycles. The summed E-state index contributed by atoms with van der Waals surface area (Å²) in [6.07, 6.45) is 0.852. The first-order valence-electron chi connectivity index (χ1n) is 7.45. The molecule has 3 heterocycles. The summed E-state index contributed by atoms with van der Waals surface area (Å²) in [5.41, 5.74) is 2.27. The molecule has 3 N–H and O–H groups in total. The van der Waals surface area contributed by atoms with Crippen molar-refractivity contribution in [2.45, 2.75) is 12.3 Å². The molecular formula is C16H15BrN4O2. The van der Waals surface area contributed by atoms with Crippen LogP contribution in [0, 0.1) is 0 Å². The second kappa shape index (κ2) is 5.42. The fourth-order valence-electron chi connectivity index (χ4n) is 3.15. The Kier molecular flexibility index (Phi) is 3.37. The maximum Gasteiger partial charge on any atom is 0.270 e. The summed E-state index contributed by atoms with van der Waals surface area (Å²) >= 11 is 3.43. The van der Waals surface area contributed by atoms with Crippen LogP contribution < -0.4 is 5.56 Å². The van der Waals surface area contributed by atoms with Gasteiger partial charge >= 0.3 is 0 Å². The number of rotatable bonds is 2. The summed E-state index contributed by atoms with van der Waals surface area (Å²) in [5, 5.41) is 6.45. The van der Waals surface area contributed by atoms with Crippen molar-refractivity contribution in [1.29, 1.82) is 0 Å². The third kappa shape index (κ3) is 2.61. The standard InChI is InChI=1S/C16H15BrN4O2/c17-11-2-1-9-5-14(18-12(9)6-11)16(23)21-4-3-10(8-21)13-7-15(22)20-19-13/h1-2,5-7,10,18H,3-4,8H2,(H2,19,20,22). The number of nitrogens with zero attached hydrogens (tertiary/aromatic N) is 1. The van der Waals surface area contributed by atoms with Gasteiger partial charge in [0.15, 0.2) is 0 Å². The molecule has 1 amide bonds. The minimum Gasteiger partial charge on any atom is -0.350 e. The quantitative estimate of drug-likeness (QED) is 0.643. The van der Waals surface area contributed by atoms with Gasteiger partial charge in [-0.1, -0.05) is 22.0 Å². The Bertz CT molecular complexity index is 939. The molecule has 4 rings (SSSR count). The largest absolute Gasteiger partial charge is 0.350 e. The molecule has 0 radical (unpaired) electrons. The second-order valence-corrected chi connectivity index (χ2v) is 6.78. The van der Waals surface area contributed by atoms with Crippen LogP contribution in [0.1, 0.15) is 28.5 Å². The monoisotopic (exact) mass is 374 g/mol. The summed E-state index contributed by atoms with van der Waals surface area (Å²) in [6.45, 7) is 1.31. The predicted molar refractivity (Wildman–Crippen MR) is 90.7 cm³/mol. The molecule has 0 spiro atoms. The molecule has 1 aromatic carbocycles. The summed E-state index contributed by atoms with van der Waals surface area (Å²) in [4.78, 5) is 28.9. The van der Waals surface area contributed by atoms with Gasteiger partial charge in [-0.25, -0.2) is 0 Å². The zero-order valence-electron chi connectivity index (χ0n) is 12.2. The molecule has 1 atom stereocenters. The number of halogens is 1. The first-order valence-corrected chi connectivity index (χ1v) is 8.24. The van der Waals surface area contributed by atoms with Crippen molar-refractivity contribution < 1.29 is 4.79 Å². The van der Waals surface area contributed by atoms with E-state index in [2.05, 4.69) is 31.1 Å². The smallest absolute Gasteiger partial charge is 0.270 e. The number of aromatic amines is 3. The summed E-state index contributed by atoms with van der Waals surface area (Å²) < 4.78 is 0.975. The molecule has 1 unspecified atom stereocenters. The van der Waals surface area contributed by atoms with E-state index in [4.69, 9.17) is 0 Å². The van der Waals surface area contributed by atoms with Gasteiger partial charge in [0.25, 0.3) is 11.5 Å². The third-order valence-corrected chi connectivity index (χ3v) is 4.84. The first kappa shape index (κ1) is 14.3. The lowest BCUT2D eigenvalue weighted by atomic mass is 10.1. The average molecular weight is 375 g/mol. The van der Waals surface area contributed by atoms with Crippen molar-refractivity contribution in [2.24, 2.45) is 0 Å². The van der Waals surface area contributed by atoms with E-state index in [0.29, 0.717) is 18.8 Å². The highest BCUT2D eigenvalue weighted by Crippen LogP contribution is 2.27. The average Bonchev–Trinajstić information content (AvgIpc) is 3.23. The number of hydrogen-bond acceptors (Lipinski definition) is 2. The van der Waals surface area contributed by atoms with Crippen LogP contribution in [0.4, 0.5) is 0 Å². The van der Waals surface area contributed by atoms with Gasteiger partial charge in [0, 0.05) is 46.1 Å². The zero-order valence-corrected chi connectivity index (χ0v) is 13.8. The Hall–Kier alpha value is -2.28. The lowest BCUT2D eigenvalue weighted by Crippen LogP contribution is -2.28. The van der Waals surface area contributed by atoms with Crippen molar-refractivity contribution in [3.05, 3.63) is 56.5 Å². The SMILES string of the molecule is O=C(c1cc2ccc(Br)cc2[nH]1)N1CCC(c2cc(=O)[nH][nH]2)C1. The maximum atomic E-state index is 12.7. The topological polar surface area (TPSA) is 84.8 Å². The Morgan fingerprint density at radius 1 is 1.22 bits per heavy atom. The molecule has 0 saturated carbocycles. The fraction of sp³-hybridized carbons (Fsp3) is 0.250. The van der Waals surface area contributed by atoms with E-state index in [1.807, 2.05) is 29.2 Å². The zero-order chi connectivity index (χ0) is 16.0. The Morgan fingerprint density at radius 3 is 2.87 bits per heavy atom. The molecule has 6 nitrogen and oxygen atoms in total. The van der Waals surface area contributed by atoms with Gasteiger partial charge in [-0.2, -0.15) is 0 Å². The van der Waals surface area contributed by atoms with Crippen LogP contribution in [0.2, 0.25) is 0 Å². The van der Waals surface area contributed by atoms with E-state index in [0.717, 1.165) is 27.5 Å². The van der Waals surface area contributed by atoms with Crippen LogP contribution in [-0.4, -0.2) is 39.1 Å². The molecule has 7 heteroatoms. The highest BCUT2D eigenvalue weighted by molar-refractivity contribution is 9.10. The van der Waals surface area contributed by atoms with E-state index in [-0.39, 0.29) is 17.4 Å². The number of carbonyl (C=O) groups is 1. The highest BCUT2D eigenvalue weighted by Gasteiger charge is 2.29. The Morgan fingerprint density at radius 2 is 2.09 bits per heavy atom. The van der Waals surface area contributed by atoms with Gasteiger partial charge < -0.3 is 15.0 Å². The number of carbonyl (C=O) groups excluding carboxylic acids is 1. The Balaban J connectivity index is 1.55. The van der Waals surface area contributed by atoms with Gasteiger partial charge in [0.2, 0.25) is 0 Å². The fourth-order valence-corrected chi connectivity index (χ4v) is 3.51. The van der Waals surface area contributed by atoms with Crippen LogP contribution >= 0.6 is 15.9 Å². The van der Waals surface area contributed by atoms with E-state index in [1.54, 1.807) is 6.07 Å². The van der Waals surface area contributed by atoms with Crippen molar-refractivity contribution in [2.75, 3.05) is 13.1 Å². The molecule has 1 fully saturated rings. The molecular weight excluding hydrogens is 360 g/mol. The number of H-pyrrole nitrogens is 3. The molecule has 118 valence electrons. The highest BCUT2D eigenvalue weighted by atomic mass is 79.9. The summed E-state index contributed by atoms with van der Waals surface area (Å²) in [6, 6.07) is 9.35. The molecule has 1 aliphatic heterocycles.